The van der Waals surface area contributed by atoms with Crippen LogP contribution in [0.1, 0.15) is 0 Å². The number of hydrogen-bond acceptors (Lipinski definition) is 3. The molecular formula is C55H30B5N5. The first-order chi connectivity index (χ1) is 31.8. The van der Waals surface area contributed by atoms with Gasteiger partial charge in [-0.1, -0.05) is 163 Å². The Morgan fingerprint density at radius 1 is 0.338 bits per heavy atom. The second-order valence-electron chi connectivity index (χ2n) is 16.3. The minimum atomic E-state index is 0.171. The normalized spacial score (nSPS) is 11.7. The molecule has 0 saturated heterocycles. The largest absolute Gasteiger partial charge is 0.307 e. The molecule has 0 aliphatic rings. The van der Waals surface area contributed by atoms with Crippen molar-refractivity contribution in [2.75, 3.05) is 0 Å². The molecule has 0 aliphatic carbocycles. The van der Waals surface area contributed by atoms with Gasteiger partial charge in [0.05, 0.1) is 22.1 Å². The zero-order valence-corrected chi connectivity index (χ0v) is 34.9. The number of fused-ring (bicyclic) bond motifs is 8. The van der Waals surface area contributed by atoms with E-state index in [-0.39, 0.29) is 27.3 Å². The third-order valence-electron chi connectivity index (χ3n) is 12.6. The molecule has 0 N–H and O–H groups in total. The topological polar surface area (TPSA) is 48.5 Å². The fraction of sp³-hybridized carbons (Fsp3) is 0. The summed E-state index contributed by atoms with van der Waals surface area (Å²) in [6, 6.07) is 62.6. The van der Waals surface area contributed by atoms with E-state index < -0.39 is 0 Å². The molecule has 3 aromatic heterocycles. The first kappa shape index (κ1) is 38.8. The third kappa shape index (κ3) is 6.12. The number of hydrogen-bond donors (Lipinski definition) is 0. The maximum absolute atomic E-state index is 6.74. The Kier molecular flexibility index (Phi) is 9.06. The highest BCUT2D eigenvalue weighted by Gasteiger charge is 2.25. The lowest BCUT2D eigenvalue weighted by molar-refractivity contribution is 0.953. The monoisotopic (exact) mass is 815 g/mol. The fourth-order valence-corrected chi connectivity index (χ4v) is 9.50. The van der Waals surface area contributed by atoms with Gasteiger partial charge >= 0.3 is 0 Å². The third-order valence-corrected chi connectivity index (χ3v) is 12.6. The molecule has 0 bridgehead atoms. The molecule has 0 unspecified atom stereocenters. The number of para-hydroxylation sites is 2. The van der Waals surface area contributed by atoms with Crippen LogP contribution in [0, 0.1) is 0 Å². The lowest BCUT2D eigenvalue weighted by Crippen LogP contribution is -2.55. The van der Waals surface area contributed by atoms with Crippen LogP contribution in [-0.2, 0) is 0 Å². The Hall–Kier alpha value is -7.83. The van der Waals surface area contributed by atoms with E-state index in [0.29, 0.717) is 23.2 Å². The molecule has 0 saturated carbocycles. The van der Waals surface area contributed by atoms with Gasteiger partial charge in [-0.05, 0) is 63.4 Å². The molecule has 0 atom stereocenters. The Labute approximate surface area is 381 Å². The second-order valence-corrected chi connectivity index (χ2v) is 16.3. The summed E-state index contributed by atoms with van der Waals surface area (Å²) in [4.78, 5) is 15.8. The summed E-state index contributed by atoms with van der Waals surface area (Å²) in [5.41, 5.74) is 10.9. The van der Waals surface area contributed by atoms with E-state index in [1.807, 2.05) is 66.7 Å². The van der Waals surface area contributed by atoms with Crippen LogP contribution in [0.25, 0.3) is 111 Å². The minimum Gasteiger partial charge on any atom is -0.307 e. The molecule has 0 amide bonds. The molecule has 12 rings (SSSR count). The number of rotatable bonds is 6. The van der Waals surface area contributed by atoms with E-state index in [1.54, 1.807) is 0 Å². The SMILES string of the molecule is [B]c1c([B])c([B])c(-c2ccc(-n3c4ccccc4c4ccc5c6ccccc6n(-c6nc(-c7ccccc7)nc(-c7ccc8ccccc8c7)n6)c5c43)cc2-c2ccccc2)c([B])c1[B]. The van der Waals surface area contributed by atoms with E-state index in [1.165, 1.54) is 0 Å². The zero-order valence-electron chi connectivity index (χ0n) is 34.9. The summed E-state index contributed by atoms with van der Waals surface area (Å²) < 4.78 is 4.54. The maximum atomic E-state index is 6.74. The van der Waals surface area contributed by atoms with Crippen molar-refractivity contribution in [1.82, 2.24) is 24.1 Å². The van der Waals surface area contributed by atoms with Crippen LogP contribution >= 0.6 is 0 Å². The highest BCUT2D eigenvalue weighted by molar-refractivity contribution is 6.68. The molecule has 9 aromatic carbocycles. The van der Waals surface area contributed by atoms with Crippen LogP contribution in [-0.4, -0.2) is 63.3 Å². The van der Waals surface area contributed by atoms with Gasteiger partial charge in [-0.15, -0.1) is 16.4 Å². The second kappa shape index (κ2) is 15.2. The van der Waals surface area contributed by atoms with Crippen LogP contribution in [0.3, 0.4) is 0 Å². The van der Waals surface area contributed by atoms with Crippen molar-refractivity contribution in [3.8, 4) is 56.7 Å². The van der Waals surface area contributed by atoms with Crippen LogP contribution < -0.4 is 27.3 Å². The standard InChI is InChI=1S/C55H30B5N5/c56-46-45(47(57)49(59)50(60)48(46)58)39-26-25-36(30-42(39)32-14-3-1-4-15-32)64-43-21-11-9-19-37(43)40-27-28-41-38-20-10-12-22-44(38)65(52(41)51(40)64)55-62-53(33-16-5-2-6-17-33)61-54(63-55)35-24-23-31-13-7-8-18-34(31)29-35/h1-30H. The Morgan fingerprint density at radius 3 is 1.52 bits per heavy atom. The summed E-state index contributed by atoms with van der Waals surface area (Å²) in [5, 5.41) is 6.53. The molecular weight excluding hydrogens is 785 g/mol. The van der Waals surface area contributed by atoms with Gasteiger partial charge in [0.15, 0.2) is 11.6 Å². The predicted octanol–water partition coefficient (Wildman–Crippen LogP) is 7.86. The highest BCUT2D eigenvalue weighted by atomic mass is 15.2. The van der Waals surface area contributed by atoms with Crippen molar-refractivity contribution in [1.29, 1.82) is 0 Å². The van der Waals surface area contributed by atoms with Gasteiger partial charge in [-0.3, -0.25) is 4.57 Å². The van der Waals surface area contributed by atoms with E-state index in [4.69, 9.17) is 54.2 Å². The zero-order chi connectivity index (χ0) is 43.9. The molecule has 290 valence electrons. The van der Waals surface area contributed by atoms with E-state index in [2.05, 4.69) is 124 Å². The summed E-state index contributed by atoms with van der Waals surface area (Å²) in [6.45, 7) is 0. The van der Waals surface area contributed by atoms with Gasteiger partial charge < -0.3 is 4.57 Å². The molecule has 0 aliphatic heterocycles. The maximum Gasteiger partial charge on any atom is 0.238 e. The van der Waals surface area contributed by atoms with Crippen LogP contribution in [0.5, 0.6) is 0 Å². The highest BCUT2D eigenvalue weighted by Crippen LogP contribution is 2.43. The first-order valence-electron chi connectivity index (χ1n) is 21.3. The lowest BCUT2D eigenvalue weighted by Gasteiger charge is -2.24. The Bertz CT molecular complexity index is 3870. The molecule has 10 heteroatoms. The van der Waals surface area contributed by atoms with Crippen LogP contribution in [0.2, 0.25) is 0 Å². The number of aromatic nitrogens is 5. The van der Waals surface area contributed by atoms with Gasteiger partial charge in [0.2, 0.25) is 5.95 Å². The minimum absolute atomic E-state index is 0.171. The average molecular weight is 815 g/mol. The Balaban J connectivity index is 1.19. The lowest BCUT2D eigenvalue weighted by atomic mass is 9.59. The summed E-state index contributed by atoms with van der Waals surface area (Å²) >= 11 is 0. The summed E-state index contributed by atoms with van der Waals surface area (Å²) in [7, 11) is 32.7. The molecule has 12 aromatic rings. The van der Waals surface area contributed by atoms with Gasteiger partial charge in [0.1, 0.15) is 39.2 Å². The van der Waals surface area contributed by atoms with Crippen molar-refractivity contribution >= 4 is 121 Å². The van der Waals surface area contributed by atoms with Crippen molar-refractivity contribution in [3.63, 3.8) is 0 Å². The molecule has 65 heavy (non-hydrogen) atoms. The average Bonchev–Trinajstić information content (AvgIpc) is 3.89. The quantitative estimate of drug-likeness (QED) is 0.161. The molecule has 0 fully saturated rings. The molecule has 3 heterocycles. The number of benzene rings is 9. The number of nitrogens with zero attached hydrogens (tertiary/aromatic N) is 5. The smallest absolute Gasteiger partial charge is 0.238 e. The summed E-state index contributed by atoms with van der Waals surface area (Å²) in [6.07, 6.45) is 0. The van der Waals surface area contributed by atoms with Crippen molar-refractivity contribution in [3.05, 3.63) is 182 Å². The van der Waals surface area contributed by atoms with Gasteiger partial charge in [-0.25, -0.2) is 4.98 Å². The van der Waals surface area contributed by atoms with Crippen molar-refractivity contribution in [2.45, 2.75) is 0 Å². The van der Waals surface area contributed by atoms with Gasteiger partial charge in [0.25, 0.3) is 0 Å². The van der Waals surface area contributed by atoms with E-state index >= 15 is 0 Å². The molecule has 5 nitrogen and oxygen atoms in total. The fourth-order valence-electron chi connectivity index (χ4n) is 9.50. The first-order valence-corrected chi connectivity index (χ1v) is 21.3. The van der Waals surface area contributed by atoms with Gasteiger partial charge in [0, 0.05) is 38.4 Å². The van der Waals surface area contributed by atoms with Crippen molar-refractivity contribution in [2.24, 2.45) is 0 Å². The summed E-state index contributed by atoms with van der Waals surface area (Å²) in [5.74, 6) is 1.65. The Morgan fingerprint density at radius 2 is 0.862 bits per heavy atom. The van der Waals surface area contributed by atoms with Gasteiger partial charge in [-0.2, -0.15) is 9.97 Å². The molecule has 10 radical (unpaired) electrons. The van der Waals surface area contributed by atoms with E-state index in [0.717, 1.165) is 87.9 Å². The van der Waals surface area contributed by atoms with E-state index in [9.17, 15) is 0 Å². The van der Waals surface area contributed by atoms with Crippen LogP contribution in [0.15, 0.2) is 182 Å². The van der Waals surface area contributed by atoms with Crippen LogP contribution in [0.4, 0.5) is 0 Å². The molecule has 0 spiro atoms. The predicted molar refractivity (Wildman–Crippen MR) is 275 cm³/mol. The van der Waals surface area contributed by atoms with Crippen molar-refractivity contribution < 1.29 is 0 Å².